The van der Waals surface area contributed by atoms with E-state index >= 15 is 0 Å². The van der Waals surface area contributed by atoms with Crippen molar-refractivity contribution in [2.45, 2.75) is 38.6 Å². The van der Waals surface area contributed by atoms with E-state index in [1.165, 1.54) is 18.2 Å². The second-order valence-electron chi connectivity index (χ2n) is 8.82. The van der Waals surface area contributed by atoms with Gasteiger partial charge in [-0.15, -0.1) is 0 Å². The highest BCUT2D eigenvalue weighted by Gasteiger charge is 2.27. The van der Waals surface area contributed by atoms with Crippen molar-refractivity contribution in [1.29, 1.82) is 0 Å². The molecule has 172 valence electrons. The first-order valence-corrected chi connectivity index (χ1v) is 11.3. The van der Waals surface area contributed by atoms with E-state index in [9.17, 15) is 19.7 Å². The Morgan fingerprint density at radius 1 is 1.06 bits per heavy atom. The zero-order valence-corrected chi connectivity index (χ0v) is 18.6. The van der Waals surface area contributed by atoms with E-state index in [1.54, 1.807) is 24.3 Å². The van der Waals surface area contributed by atoms with Gasteiger partial charge in [0, 0.05) is 48.7 Å². The number of piperidine rings is 1. The first kappa shape index (κ1) is 22.5. The molecular weight excluding hydrogens is 420 g/mol. The lowest BCUT2D eigenvalue weighted by molar-refractivity contribution is -0.384. The maximum Gasteiger partial charge on any atom is 0.269 e. The van der Waals surface area contributed by atoms with Gasteiger partial charge in [0.1, 0.15) is 0 Å². The maximum absolute atomic E-state index is 12.9. The summed E-state index contributed by atoms with van der Waals surface area (Å²) in [4.78, 5) is 37.9. The summed E-state index contributed by atoms with van der Waals surface area (Å²) in [5.74, 6) is 0.233. The van der Waals surface area contributed by atoms with Crippen molar-refractivity contribution < 1.29 is 14.5 Å². The number of nitro groups is 1. The van der Waals surface area contributed by atoms with E-state index in [4.69, 9.17) is 0 Å². The molecule has 0 unspecified atom stereocenters. The summed E-state index contributed by atoms with van der Waals surface area (Å²) in [6.45, 7) is 4.07. The van der Waals surface area contributed by atoms with Crippen molar-refractivity contribution in [3.8, 4) is 0 Å². The summed E-state index contributed by atoms with van der Waals surface area (Å²) in [6, 6.07) is 11.7. The molecule has 2 aliphatic rings. The zero-order valence-electron chi connectivity index (χ0n) is 18.6. The van der Waals surface area contributed by atoms with Crippen molar-refractivity contribution in [3.63, 3.8) is 0 Å². The van der Waals surface area contributed by atoms with E-state index in [2.05, 4.69) is 22.5 Å². The molecule has 4 rings (SSSR count). The molecule has 2 aromatic rings. The lowest BCUT2D eigenvalue weighted by Gasteiger charge is -2.33. The van der Waals surface area contributed by atoms with E-state index in [0.29, 0.717) is 22.7 Å². The van der Waals surface area contributed by atoms with Gasteiger partial charge in [0.05, 0.1) is 10.5 Å². The minimum atomic E-state index is -0.467. The molecule has 2 aromatic carbocycles. The number of anilines is 2. The molecule has 1 saturated heterocycles. The number of nitrogens with one attached hydrogen (secondary N) is 2. The molecule has 2 fully saturated rings. The number of amides is 2. The second-order valence-corrected chi connectivity index (χ2v) is 8.82. The van der Waals surface area contributed by atoms with Gasteiger partial charge in [-0.25, -0.2) is 0 Å². The number of nitro benzene ring substituents is 1. The van der Waals surface area contributed by atoms with Crippen molar-refractivity contribution in [2.75, 3.05) is 23.3 Å². The molecule has 1 aliphatic carbocycles. The highest BCUT2D eigenvalue weighted by molar-refractivity contribution is 6.05. The van der Waals surface area contributed by atoms with Crippen molar-refractivity contribution in [3.05, 3.63) is 69.8 Å². The molecule has 33 heavy (non-hydrogen) atoms. The lowest BCUT2D eigenvalue weighted by atomic mass is 9.97. The van der Waals surface area contributed by atoms with Gasteiger partial charge in [0.25, 0.3) is 11.6 Å². The number of carbonyl (C=O) groups excluding carboxylic acids is 2. The summed E-state index contributed by atoms with van der Waals surface area (Å²) in [7, 11) is 0. The minimum Gasteiger partial charge on any atom is -0.371 e. The summed E-state index contributed by atoms with van der Waals surface area (Å²) in [5, 5.41) is 16.6. The summed E-state index contributed by atoms with van der Waals surface area (Å²) >= 11 is 0. The Labute approximate surface area is 192 Å². The molecule has 0 radical (unpaired) electrons. The van der Waals surface area contributed by atoms with Crippen LogP contribution in [0.15, 0.2) is 48.5 Å². The van der Waals surface area contributed by atoms with Crippen LogP contribution in [0.4, 0.5) is 17.1 Å². The van der Waals surface area contributed by atoms with Crippen LogP contribution in [0.3, 0.4) is 0 Å². The summed E-state index contributed by atoms with van der Waals surface area (Å²) < 4.78 is 0. The highest BCUT2D eigenvalue weighted by atomic mass is 16.6. The largest absolute Gasteiger partial charge is 0.371 e. The fourth-order valence-corrected chi connectivity index (χ4v) is 3.87. The first-order chi connectivity index (χ1) is 15.9. The Morgan fingerprint density at radius 2 is 1.76 bits per heavy atom. The SMILES string of the molecule is CC1CCN(c2ccc(NC(=O)/C=C/c3ccc([N+](=O)[O-])cc3)cc2C(=O)NC2CC2)CC1. The summed E-state index contributed by atoms with van der Waals surface area (Å²) in [6.07, 6.45) is 7.15. The zero-order chi connectivity index (χ0) is 23.4. The molecule has 0 bridgehead atoms. The predicted molar refractivity (Wildman–Crippen MR) is 128 cm³/mol. The van der Waals surface area contributed by atoms with Crippen LogP contribution >= 0.6 is 0 Å². The van der Waals surface area contributed by atoms with Gasteiger partial charge in [-0.2, -0.15) is 0 Å². The Kier molecular flexibility index (Phi) is 6.72. The quantitative estimate of drug-likeness (QED) is 0.372. The van der Waals surface area contributed by atoms with Crippen LogP contribution in [-0.4, -0.2) is 35.9 Å². The Hall–Kier alpha value is -3.68. The van der Waals surface area contributed by atoms with Gasteiger partial charge in [-0.1, -0.05) is 6.92 Å². The minimum absolute atomic E-state index is 0.00291. The summed E-state index contributed by atoms with van der Waals surface area (Å²) in [5.41, 5.74) is 2.70. The molecule has 1 aliphatic heterocycles. The van der Waals surface area contributed by atoms with E-state index in [-0.39, 0.29) is 23.5 Å². The monoisotopic (exact) mass is 448 g/mol. The van der Waals surface area contributed by atoms with Crippen molar-refractivity contribution >= 4 is 35.0 Å². The molecule has 2 N–H and O–H groups in total. The maximum atomic E-state index is 12.9. The molecular formula is C25H28N4O4. The number of rotatable bonds is 7. The predicted octanol–water partition coefficient (Wildman–Crippen LogP) is 4.38. The van der Waals surface area contributed by atoms with Crippen LogP contribution in [0.25, 0.3) is 6.08 Å². The number of nitrogens with zero attached hydrogens (tertiary/aromatic N) is 2. The van der Waals surface area contributed by atoms with Gasteiger partial charge in [-0.05, 0) is 73.6 Å². The smallest absolute Gasteiger partial charge is 0.269 e. The Morgan fingerprint density at radius 3 is 2.39 bits per heavy atom. The molecule has 8 heteroatoms. The lowest BCUT2D eigenvalue weighted by Crippen LogP contribution is -2.35. The molecule has 0 spiro atoms. The average molecular weight is 449 g/mol. The van der Waals surface area contributed by atoms with Gasteiger partial charge in [0.2, 0.25) is 5.91 Å². The molecule has 8 nitrogen and oxygen atoms in total. The molecule has 0 aromatic heterocycles. The highest BCUT2D eigenvalue weighted by Crippen LogP contribution is 2.30. The Bertz CT molecular complexity index is 1070. The average Bonchev–Trinajstić information content (AvgIpc) is 3.62. The molecule has 2 amide bonds. The van der Waals surface area contributed by atoms with Gasteiger partial charge in [-0.3, -0.25) is 19.7 Å². The fraction of sp³-hybridized carbons (Fsp3) is 0.360. The standard InChI is InChI=1S/C25H28N4O4/c1-17-12-14-28(15-13-17)23-10-7-20(16-22(23)25(31)27-19-5-6-19)26-24(30)11-4-18-2-8-21(9-3-18)29(32)33/h2-4,7-11,16-17,19H,5-6,12-15H2,1H3,(H,26,30)(H,27,31)/b11-4+. The first-order valence-electron chi connectivity index (χ1n) is 11.3. The number of hydrogen-bond donors (Lipinski definition) is 2. The normalized spacial score (nSPS) is 16.6. The van der Waals surface area contributed by atoms with E-state index < -0.39 is 4.92 Å². The third kappa shape index (κ3) is 5.97. The van der Waals surface area contributed by atoms with Crippen LogP contribution < -0.4 is 15.5 Å². The number of benzene rings is 2. The van der Waals surface area contributed by atoms with Gasteiger partial charge >= 0.3 is 0 Å². The molecule has 0 atom stereocenters. The van der Waals surface area contributed by atoms with Crippen LogP contribution in [0.1, 0.15) is 48.5 Å². The van der Waals surface area contributed by atoms with Crippen molar-refractivity contribution in [2.24, 2.45) is 5.92 Å². The molecule has 1 heterocycles. The Balaban J connectivity index is 1.47. The number of non-ortho nitro benzene ring substituents is 1. The van der Waals surface area contributed by atoms with Crippen LogP contribution in [0.2, 0.25) is 0 Å². The van der Waals surface area contributed by atoms with Gasteiger partial charge < -0.3 is 15.5 Å². The molecule has 1 saturated carbocycles. The second kappa shape index (κ2) is 9.85. The number of carbonyl (C=O) groups is 2. The van der Waals surface area contributed by atoms with Crippen LogP contribution in [-0.2, 0) is 4.79 Å². The van der Waals surface area contributed by atoms with Crippen LogP contribution in [0, 0.1) is 16.0 Å². The third-order valence-corrected chi connectivity index (χ3v) is 6.08. The van der Waals surface area contributed by atoms with E-state index in [0.717, 1.165) is 44.5 Å². The van der Waals surface area contributed by atoms with E-state index in [1.807, 2.05) is 12.1 Å². The topological polar surface area (TPSA) is 105 Å². The number of hydrogen-bond acceptors (Lipinski definition) is 5. The third-order valence-electron chi connectivity index (χ3n) is 6.08. The van der Waals surface area contributed by atoms with Gasteiger partial charge in [0.15, 0.2) is 0 Å². The van der Waals surface area contributed by atoms with Crippen molar-refractivity contribution in [1.82, 2.24) is 5.32 Å². The van der Waals surface area contributed by atoms with Crippen LogP contribution in [0.5, 0.6) is 0 Å². The fourth-order valence-electron chi connectivity index (χ4n) is 3.87.